The third-order valence-electron chi connectivity index (χ3n) is 3.89. The van der Waals surface area contributed by atoms with E-state index in [-0.39, 0.29) is 16.9 Å². The molecular formula is C19H14F5O4-. The number of hydrogen-bond acceptors (Lipinski definition) is 4. The molecule has 2 aromatic carbocycles. The van der Waals surface area contributed by atoms with Crippen molar-refractivity contribution in [2.24, 2.45) is 0 Å². The zero-order valence-corrected chi connectivity index (χ0v) is 14.3. The lowest BCUT2D eigenvalue weighted by molar-refractivity contribution is -0.284. The average molecular weight is 401 g/mol. The highest BCUT2D eigenvalue weighted by molar-refractivity contribution is 5.95. The molecular weight excluding hydrogens is 387 g/mol. The van der Waals surface area contributed by atoms with Gasteiger partial charge in [-0.3, -0.25) is 4.79 Å². The molecule has 0 aromatic heterocycles. The average Bonchev–Trinajstić information content (AvgIpc) is 2.64. The first-order chi connectivity index (χ1) is 13.0. The van der Waals surface area contributed by atoms with Crippen LogP contribution in [-0.2, 0) is 0 Å². The number of aromatic carboxylic acids is 1. The lowest BCUT2D eigenvalue weighted by atomic mass is 9.98. The van der Waals surface area contributed by atoms with Crippen LogP contribution in [0.15, 0.2) is 42.5 Å². The van der Waals surface area contributed by atoms with E-state index in [2.05, 4.69) is 0 Å². The van der Waals surface area contributed by atoms with Crippen molar-refractivity contribution in [2.75, 3.05) is 6.61 Å². The Morgan fingerprint density at radius 1 is 1.04 bits per heavy atom. The molecule has 0 saturated carbocycles. The van der Waals surface area contributed by atoms with Gasteiger partial charge in [-0.15, -0.1) is 0 Å². The molecule has 150 valence electrons. The van der Waals surface area contributed by atoms with Crippen molar-refractivity contribution in [3.05, 3.63) is 53.6 Å². The van der Waals surface area contributed by atoms with Crippen LogP contribution in [-0.4, -0.2) is 31.0 Å². The highest BCUT2D eigenvalue weighted by Gasteiger charge is 2.56. The third-order valence-corrected chi connectivity index (χ3v) is 3.89. The first kappa shape index (κ1) is 21.3. The SMILES string of the molecule is O=Cc1ccc(-c2cc(OCCCC(F)(F)C(F)(F)F)ccc2C(=O)[O-])cc1. The fourth-order valence-corrected chi connectivity index (χ4v) is 2.40. The maximum Gasteiger partial charge on any atom is 0.453 e. The van der Waals surface area contributed by atoms with Crippen molar-refractivity contribution in [3.8, 4) is 16.9 Å². The number of carboxylic acids is 1. The van der Waals surface area contributed by atoms with Gasteiger partial charge < -0.3 is 14.6 Å². The standard InChI is InChI=1S/C19H15F5O4/c20-18(21,19(22,23)24)8-1-9-28-14-6-7-15(17(26)27)16(10-14)13-4-2-12(11-25)3-5-13/h2-7,10-11H,1,8-9H2,(H,26,27)/p-1. The molecule has 2 aromatic rings. The van der Waals surface area contributed by atoms with E-state index in [4.69, 9.17) is 4.74 Å². The van der Waals surface area contributed by atoms with Crippen molar-refractivity contribution in [3.63, 3.8) is 0 Å². The summed E-state index contributed by atoms with van der Waals surface area (Å²) in [5.74, 6) is -6.18. The molecule has 28 heavy (non-hydrogen) atoms. The van der Waals surface area contributed by atoms with Gasteiger partial charge in [0.05, 0.1) is 12.6 Å². The highest BCUT2D eigenvalue weighted by atomic mass is 19.4. The number of benzene rings is 2. The summed E-state index contributed by atoms with van der Waals surface area (Å²) in [7, 11) is 0. The number of carboxylic acid groups (broad SMARTS) is 1. The first-order valence-electron chi connectivity index (χ1n) is 8.03. The molecule has 0 fully saturated rings. The van der Waals surface area contributed by atoms with Gasteiger partial charge >= 0.3 is 12.1 Å². The molecule has 0 saturated heterocycles. The second kappa shape index (κ2) is 8.37. The smallest absolute Gasteiger partial charge is 0.453 e. The maximum atomic E-state index is 12.9. The summed E-state index contributed by atoms with van der Waals surface area (Å²) in [6.07, 6.45) is -6.99. The van der Waals surface area contributed by atoms with Crippen LogP contribution in [0.3, 0.4) is 0 Å². The molecule has 0 spiro atoms. The molecule has 0 N–H and O–H groups in total. The van der Waals surface area contributed by atoms with E-state index in [1.54, 1.807) is 0 Å². The number of halogens is 5. The Morgan fingerprint density at radius 3 is 2.21 bits per heavy atom. The highest BCUT2D eigenvalue weighted by Crippen LogP contribution is 2.38. The summed E-state index contributed by atoms with van der Waals surface area (Å²) < 4.78 is 67.3. The Hall–Kier alpha value is -2.97. The molecule has 0 bridgehead atoms. The summed E-state index contributed by atoms with van der Waals surface area (Å²) in [4.78, 5) is 22.0. The van der Waals surface area contributed by atoms with Crippen LogP contribution in [0.4, 0.5) is 22.0 Å². The van der Waals surface area contributed by atoms with Crippen LogP contribution in [0.2, 0.25) is 0 Å². The predicted octanol–water partition coefficient (Wildman–Crippen LogP) is 3.89. The summed E-state index contributed by atoms with van der Waals surface area (Å²) in [5.41, 5.74) is 0.820. The van der Waals surface area contributed by atoms with Crippen molar-refractivity contribution < 1.29 is 41.4 Å². The van der Waals surface area contributed by atoms with Crippen LogP contribution in [0, 0.1) is 0 Å². The fourth-order valence-electron chi connectivity index (χ4n) is 2.40. The van der Waals surface area contributed by atoms with Crippen molar-refractivity contribution >= 4 is 12.3 Å². The molecule has 0 radical (unpaired) electrons. The number of rotatable bonds is 8. The topological polar surface area (TPSA) is 66.4 Å². The fraction of sp³-hybridized carbons (Fsp3) is 0.263. The number of aldehydes is 1. The zero-order valence-electron chi connectivity index (χ0n) is 14.3. The Kier molecular flexibility index (Phi) is 6.37. The number of carbonyl (C=O) groups is 2. The van der Waals surface area contributed by atoms with Gasteiger partial charge in [0, 0.05) is 17.5 Å². The van der Waals surface area contributed by atoms with Crippen LogP contribution in [0.25, 0.3) is 11.1 Å². The Bertz CT molecular complexity index is 844. The molecule has 2 rings (SSSR count). The summed E-state index contributed by atoms with van der Waals surface area (Å²) in [6, 6.07) is 9.66. The van der Waals surface area contributed by atoms with E-state index in [0.717, 1.165) is 0 Å². The number of alkyl halides is 5. The molecule has 9 heteroatoms. The minimum absolute atomic E-state index is 0.0924. The van der Waals surface area contributed by atoms with E-state index in [1.165, 1.54) is 42.5 Å². The van der Waals surface area contributed by atoms with Crippen LogP contribution in [0.1, 0.15) is 33.6 Å². The van der Waals surface area contributed by atoms with E-state index in [0.29, 0.717) is 17.4 Å². The van der Waals surface area contributed by atoms with Crippen LogP contribution >= 0.6 is 0 Å². The molecule has 4 nitrogen and oxygen atoms in total. The van der Waals surface area contributed by atoms with Crippen LogP contribution in [0.5, 0.6) is 5.75 Å². The normalized spacial score (nSPS) is 11.9. The lowest BCUT2D eigenvalue weighted by Gasteiger charge is -2.19. The van der Waals surface area contributed by atoms with E-state index in [9.17, 15) is 36.6 Å². The minimum atomic E-state index is -5.62. The summed E-state index contributed by atoms with van der Waals surface area (Å²) in [5, 5.41) is 11.3. The van der Waals surface area contributed by atoms with E-state index < -0.39 is 37.5 Å². The Balaban J connectivity index is 2.14. The lowest BCUT2D eigenvalue weighted by Crippen LogP contribution is -2.36. The Morgan fingerprint density at radius 2 is 1.68 bits per heavy atom. The van der Waals surface area contributed by atoms with Gasteiger partial charge in [0.15, 0.2) is 0 Å². The molecule has 0 heterocycles. The van der Waals surface area contributed by atoms with Crippen molar-refractivity contribution in [1.82, 2.24) is 0 Å². The molecule has 0 amide bonds. The quantitative estimate of drug-likeness (QED) is 0.383. The van der Waals surface area contributed by atoms with Gasteiger partial charge in [-0.05, 0) is 35.7 Å². The molecule has 0 atom stereocenters. The first-order valence-corrected chi connectivity index (χ1v) is 8.03. The van der Waals surface area contributed by atoms with Crippen LogP contribution < -0.4 is 9.84 Å². The monoisotopic (exact) mass is 401 g/mol. The predicted molar refractivity (Wildman–Crippen MR) is 87.3 cm³/mol. The van der Waals surface area contributed by atoms with Gasteiger partial charge in [-0.25, -0.2) is 0 Å². The summed E-state index contributed by atoms with van der Waals surface area (Å²) >= 11 is 0. The van der Waals surface area contributed by atoms with Gasteiger partial charge in [0.25, 0.3) is 0 Å². The molecule has 0 aliphatic carbocycles. The van der Waals surface area contributed by atoms with E-state index in [1.807, 2.05) is 0 Å². The zero-order chi connectivity index (χ0) is 20.9. The van der Waals surface area contributed by atoms with Gasteiger partial charge in [-0.1, -0.05) is 24.3 Å². The number of carbonyl (C=O) groups excluding carboxylic acids is 2. The van der Waals surface area contributed by atoms with E-state index >= 15 is 0 Å². The van der Waals surface area contributed by atoms with Crippen molar-refractivity contribution in [2.45, 2.75) is 24.9 Å². The molecule has 0 aliphatic rings. The number of ether oxygens (including phenoxy) is 1. The Labute approximate surface area is 156 Å². The second-order valence-corrected chi connectivity index (χ2v) is 5.89. The van der Waals surface area contributed by atoms with Gasteiger partial charge in [0.2, 0.25) is 0 Å². The molecule has 0 unspecified atom stereocenters. The minimum Gasteiger partial charge on any atom is -0.545 e. The largest absolute Gasteiger partial charge is 0.545 e. The molecule has 0 aliphatic heterocycles. The van der Waals surface area contributed by atoms with Gasteiger partial charge in [-0.2, -0.15) is 22.0 Å². The third kappa shape index (κ3) is 5.05. The maximum absolute atomic E-state index is 12.9. The van der Waals surface area contributed by atoms with Crippen molar-refractivity contribution in [1.29, 1.82) is 0 Å². The number of hydrogen-bond donors (Lipinski definition) is 0. The second-order valence-electron chi connectivity index (χ2n) is 5.89. The summed E-state index contributed by atoms with van der Waals surface area (Å²) in [6.45, 7) is -0.417. The van der Waals surface area contributed by atoms with Gasteiger partial charge in [0.1, 0.15) is 12.0 Å².